The molecule has 0 aliphatic carbocycles. The second-order valence-electron chi connectivity index (χ2n) is 5.76. The van der Waals surface area contributed by atoms with Crippen LogP contribution in [0.1, 0.15) is 24.9 Å². The predicted octanol–water partition coefficient (Wildman–Crippen LogP) is 2.63. The molecular formula is C16H26ClN3. The lowest BCUT2D eigenvalue weighted by Crippen LogP contribution is -2.55. The van der Waals surface area contributed by atoms with Crippen molar-refractivity contribution < 1.29 is 0 Å². The number of benzene rings is 1. The van der Waals surface area contributed by atoms with Gasteiger partial charge in [-0.2, -0.15) is 0 Å². The zero-order valence-corrected chi connectivity index (χ0v) is 13.5. The van der Waals surface area contributed by atoms with E-state index in [1.54, 1.807) is 0 Å². The number of rotatable bonds is 5. The van der Waals surface area contributed by atoms with Crippen molar-refractivity contribution in [1.29, 1.82) is 0 Å². The highest BCUT2D eigenvalue weighted by Crippen LogP contribution is 2.28. The largest absolute Gasteiger partial charge is 0.309 e. The molecule has 2 rings (SSSR count). The van der Waals surface area contributed by atoms with Gasteiger partial charge in [0.1, 0.15) is 0 Å². The van der Waals surface area contributed by atoms with Crippen molar-refractivity contribution in [2.24, 2.45) is 0 Å². The van der Waals surface area contributed by atoms with E-state index in [1.807, 2.05) is 12.1 Å². The first kappa shape index (κ1) is 15.8. The summed E-state index contributed by atoms with van der Waals surface area (Å²) in [7, 11) is 4.42. The predicted molar refractivity (Wildman–Crippen MR) is 86.4 cm³/mol. The Morgan fingerprint density at radius 2 is 2.05 bits per heavy atom. The molecule has 0 saturated carbocycles. The van der Waals surface area contributed by atoms with Crippen molar-refractivity contribution in [3.05, 3.63) is 34.9 Å². The van der Waals surface area contributed by atoms with Crippen LogP contribution in [0.15, 0.2) is 24.3 Å². The second-order valence-corrected chi connectivity index (χ2v) is 6.17. The van der Waals surface area contributed by atoms with Gasteiger partial charge in [-0.25, -0.2) is 0 Å². The van der Waals surface area contributed by atoms with Gasteiger partial charge in [-0.05, 0) is 38.7 Å². The Bertz CT molecular complexity index is 424. The summed E-state index contributed by atoms with van der Waals surface area (Å²) >= 11 is 6.43. The molecule has 2 atom stereocenters. The van der Waals surface area contributed by atoms with Crippen LogP contribution < -0.4 is 5.32 Å². The number of hydrogen-bond acceptors (Lipinski definition) is 3. The van der Waals surface area contributed by atoms with Gasteiger partial charge in [0, 0.05) is 30.7 Å². The van der Waals surface area contributed by atoms with Gasteiger partial charge in [-0.3, -0.25) is 4.90 Å². The third-order valence-electron chi connectivity index (χ3n) is 4.14. The smallest absolute Gasteiger partial charge is 0.0505 e. The molecule has 0 radical (unpaired) electrons. The minimum atomic E-state index is 0.288. The highest BCUT2D eigenvalue weighted by Gasteiger charge is 2.31. The quantitative estimate of drug-likeness (QED) is 0.901. The maximum Gasteiger partial charge on any atom is 0.0505 e. The minimum Gasteiger partial charge on any atom is -0.309 e. The Morgan fingerprint density at radius 3 is 2.75 bits per heavy atom. The molecule has 0 bridgehead atoms. The number of piperazine rings is 1. The van der Waals surface area contributed by atoms with E-state index in [2.05, 4.69) is 48.3 Å². The van der Waals surface area contributed by atoms with Crippen molar-refractivity contribution in [2.75, 3.05) is 40.3 Å². The van der Waals surface area contributed by atoms with Crippen LogP contribution in [0, 0.1) is 0 Å². The first-order valence-corrected chi connectivity index (χ1v) is 7.88. The molecule has 2 unspecified atom stereocenters. The lowest BCUT2D eigenvalue weighted by atomic mass is 9.96. The van der Waals surface area contributed by atoms with E-state index in [0.717, 1.165) is 37.6 Å². The summed E-state index contributed by atoms with van der Waals surface area (Å²) in [6, 6.07) is 8.97. The van der Waals surface area contributed by atoms with Crippen LogP contribution in [-0.4, -0.2) is 56.1 Å². The van der Waals surface area contributed by atoms with Crippen LogP contribution in [0.3, 0.4) is 0 Å². The molecule has 1 N–H and O–H groups in total. The molecule has 1 fully saturated rings. The van der Waals surface area contributed by atoms with Crippen LogP contribution in [0.25, 0.3) is 0 Å². The fourth-order valence-electron chi connectivity index (χ4n) is 2.88. The summed E-state index contributed by atoms with van der Waals surface area (Å²) in [6.07, 6.45) is 1.13. The highest BCUT2D eigenvalue weighted by atomic mass is 35.5. The molecule has 1 aliphatic heterocycles. The average molecular weight is 296 g/mol. The number of likely N-dealkylation sites (N-methyl/N-ethyl adjacent to an activating group) is 2. The van der Waals surface area contributed by atoms with Crippen LogP contribution in [0.5, 0.6) is 0 Å². The normalized spacial score (nSPS) is 22.9. The molecule has 0 amide bonds. The van der Waals surface area contributed by atoms with E-state index < -0.39 is 0 Å². The highest BCUT2D eigenvalue weighted by molar-refractivity contribution is 6.31. The molecule has 112 valence electrons. The SMILES string of the molecule is CCCNC(c1ccccc1Cl)C1CN(C)CCN1C. The number of halogens is 1. The van der Waals surface area contributed by atoms with Crippen molar-refractivity contribution in [3.63, 3.8) is 0 Å². The van der Waals surface area contributed by atoms with E-state index in [9.17, 15) is 0 Å². The van der Waals surface area contributed by atoms with Crippen molar-refractivity contribution >= 4 is 11.6 Å². The molecule has 0 aromatic heterocycles. The van der Waals surface area contributed by atoms with E-state index in [0.29, 0.717) is 6.04 Å². The fraction of sp³-hybridized carbons (Fsp3) is 0.625. The molecule has 1 heterocycles. The summed E-state index contributed by atoms with van der Waals surface area (Å²) in [5, 5.41) is 4.56. The van der Waals surface area contributed by atoms with E-state index in [1.165, 1.54) is 5.56 Å². The van der Waals surface area contributed by atoms with Crippen molar-refractivity contribution in [1.82, 2.24) is 15.1 Å². The lowest BCUT2D eigenvalue weighted by molar-refractivity contribution is 0.0876. The maximum absolute atomic E-state index is 6.43. The van der Waals surface area contributed by atoms with E-state index >= 15 is 0 Å². The van der Waals surface area contributed by atoms with Gasteiger partial charge >= 0.3 is 0 Å². The lowest BCUT2D eigenvalue weighted by Gasteiger charge is -2.42. The first-order chi connectivity index (χ1) is 9.63. The fourth-order valence-corrected chi connectivity index (χ4v) is 3.14. The molecule has 4 heteroatoms. The van der Waals surface area contributed by atoms with Gasteiger partial charge in [0.25, 0.3) is 0 Å². The second kappa shape index (κ2) is 7.41. The Hall–Kier alpha value is -0.610. The number of hydrogen-bond donors (Lipinski definition) is 1. The Labute approximate surface area is 127 Å². The topological polar surface area (TPSA) is 18.5 Å². The zero-order chi connectivity index (χ0) is 14.5. The number of nitrogens with one attached hydrogen (secondary N) is 1. The molecule has 1 aliphatic rings. The van der Waals surface area contributed by atoms with Gasteiger partial charge < -0.3 is 10.2 Å². The first-order valence-electron chi connectivity index (χ1n) is 7.50. The molecule has 1 aromatic rings. The molecule has 3 nitrogen and oxygen atoms in total. The summed E-state index contributed by atoms with van der Waals surface area (Å²) in [4.78, 5) is 4.86. The van der Waals surface area contributed by atoms with Crippen LogP contribution in [0.2, 0.25) is 5.02 Å². The van der Waals surface area contributed by atoms with Crippen molar-refractivity contribution in [2.45, 2.75) is 25.4 Å². The van der Waals surface area contributed by atoms with Gasteiger partial charge in [-0.1, -0.05) is 36.7 Å². The molecule has 1 aromatic carbocycles. The summed E-state index contributed by atoms with van der Waals surface area (Å²) in [5.74, 6) is 0. The Morgan fingerprint density at radius 1 is 1.30 bits per heavy atom. The van der Waals surface area contributed by atoms with Crippen LogP contribution in [0.4, 0.5) is 0 Å². The average Bonchev–Trinajstić information content (AvgIpc) is 2.44. The summed E-state index contributed by atoms with van der Waals surface area (Å²) < 4.78 is 0. The minimum absolute atomic E-state index is 0.288. The van der Waals surface area contributed by atoms with E-state index in [4.69, 9.17) is 11.6 Å². The number of nitrogens with zero attached hydrogens (tertiary/aromatic N) is 2. The van der Waals surface area contributed by atoms with Crippen LogP contribution >= 0.6 is 11.6 Å². The summed E-state index contributed by atoms with van der Waals surface area (Å²) in [6.45, 7) is 6.53. The molecule has 1 saturated heterocycles. The van der Waals surface area contributed by atoms with Crippen molar-refractivity contribution in [3.8, 4) is 0 Å². The molecule has 0 spiro atoms. The van der Waals surface area contributed by atoms with Gasteiger partial charge in [0.2, 0.25) is 0 Å². The summed E-state index contributed by atoms with van der Waals surface area (Å²) in [5.41, 5.74) is 1.22. The Kier molecular flexibility index (Phi) is 5.85. The Balaban J connectivity index is 2.24. The molecular weight excluding hydrogens is 270 g/mol. The third kappa shape index (κ3) is 3.73. The van der Waals surface area contributed by atoms with Crippen LogP contribution in [-0.2, 0) is 0 Å². The standard InChI is InChI=1S/C16H26ClN3/c1-4-9-18-16(13-7-5-6-8-14(13)17)15-12-19(2)10-11-20(15)3/h5-8,15-16,18H,4,9-12H2,1-3H3. The van der Waals surface area contributed by atoms with Gasteiger partial charge in [0.15, 0.2) is 0 Å². The van der Waals surface area contributed by atoms with Gasteiger partial charge in [-0.15, -0.1) is 0 Å². The zero-order valence-electron chi connectivity index (χ0n) is 12.8. The van der Waals surface area contributed by atoms with E-state index in [-0.39, 0.29) is 6.04 Å². The monoisotopic (exact) mass is 295 g/mol. The van der Waals surface area contributed by atoms with Gasteiger partial charge in [0.05, 0.1) is 6.04 Å². The third-order valence-corrected chi connectivity index (χ3v) is 4.48. The molecule has 20 heavy (non-hydrogen) atoms. The maximum atomic E-state index is 6.43.